The van der Waals surface area contributed by atoms with Crippen molar-refractivity contribution in [1.29, 1.82) is 0 Å². The lowest BCUT2D eigenvalue weighted by Crippen LogP contribution is -1.90. The Labute approximate surface area is 142 Å². The van der Waals surface area contributed by atoms with Crippen LogP contribution < -0.4 is 5.32 Å². The molecule has 0 aliphatic rings. The van der Waals surface area contributed by atoms with E-state index in [1.165, 1.54) is 12.1 Å². The molecule has 0 aliphatic carbocycles. The summed E-state index contributed by atoms with van der Waals surface area (Å²) in [4.78, 5) is 22.1. The fourth-order valence-electron chi connectivity index (χ4n) is 2.56. The number of benzene rings is 2. The van der Waals surface area contributed by atoms with Crippen LogP contribution in [0.15, 0.2) is 67.0 Å². The Bertz CT molecular complexity index is 1040. The maximum atomic E-state index is 10.9. The Balaban J connectivity index is 1.61. The van der Waals surface area contributed by atoms with E-state index in [4.69, 9.17) is 0 Å². The third-order valence-electron chi connectivity index (χ3n) is 3.80. The van der Waals surface area contributed by atoms with E-state index in [9.17, 15) is 10.1 Å². The number of nitrogens with zero attached hydrogens (tertiary/aromatic N) is 3. The molecule has 7 nitrogen and oxygen atoms in total. The second-order valence-corrected chi connectivity index (χ2v) is 5.48. The van der Waals surface area contributed by atoms with Crippen molar-refractivity contribution in [2.75, 3.05) is 5.32 Å². The van der Waals surface area contributed by atoms with Gasteiger partial charge in [-0.05, 0) is 42.5 Å². The number of pyridine rings is 1. The fraction of sp³-hybridized carbons (Fsp3) is 0. The molecule has 2 heterocycles. The molecule has 2 aromatic carbocycles. The van der Waals surface area contributed by atoms with Crippen LogP contribution in [-0.2, 0) is 0 Å². The highest BCUT2D eigenvalue weighted by Crippen LogP contribution is 2.25. The molecule has 25 heavy (non-hydrogen) atoms. The average Bonchev–Trinajstić information content (AvgIpc) is 3.06. The zero-order chi connectivity index (χ0) is 17.2. The summed E-state index contributed by atoms with van der Waals surface area (Å²) in [7, 11) is 0. The Hall–Kier alpha value is -3.74. The zero-order valence-electron chi connectivity index (χ0n) is 13.0. The largest absolute Gasteiger partial charge is 0.355 e. The number of nitrogens with one attached hydrogen (secondary N) is 2. The summed E-state index contributed by atoms with van der Waals surface area (Å²) >= 11 is 0. The number of H-pyrrole nitrogens is 1. The number of aromatic amines is 1. The van der Waals surface area contributed by atoms with Crippen LogP contribution in [0.25, 0.3) is 22.4 Å². The normalized spacial score (nSPS) is 10.7. The molecule has 2 N–H and O–H groups in total. The summed E-state index contributed by atoms with van der Waals surface area (Å²) in [5.41, 5.74) is 4.18. The minimum absolute atomic E-state index is 0.0413. The number of nitro benzene ring substituents is 1. The first-order chi connectivity index (χ1) is 12.2. The van der Waals surface area contributed by atoms with Gasteiger partial charge in [-0.25, -0.2) is 4.98 Å². The van der Waals surface area contributed by atoms with Crippen molar-refractivity contribution < 1.29 is 4.92 Å². The van der Waals surface area contributed by atoms with Gasteiger partial charge in [-0.2, -0.15) is 0 Å². The van der Waals surface area contributed by atoms with Crippen molar-refractivity contribution in [3.8, 4) is 11.4 Å². The first-order valence-corrected chi connectivity index (χ1v) is 7.61. The maximum Gasteiger partial charge on any atom is 0.271 e. The molecular formula is C18H13N5O2. The van der Waals surface area contributed by atoms with Crippen molar-refractivity contribution in [2.45, 2.75) is 0 Å². The number of fused-ring (bicyclic) bond motifs is 1. The van der Waals surface area contributed by atoms with Gasteiger partial charge in [0, 0.05) is 41.5 Å². The first kappa shape index (κ1) is 14.8. The summed E-state index contributed by atoms with van der Waals surface area (Å²) in [6, 6.07) is 16.1. The molecule has 4 rings (SSSR count). The Kier molecular flexibility index (Phi) is 3.59. The smallest absolute Gasteiger partial charge is 0.271 e. The summed E-state index contributed by atoms with van der Waals surface area (Å²) < 4.78 is 0. The summed E-state index contributed by atoms with van der Waals surface area (Å²) in [6.45, 7) is 0. The van der Waals surface area contributed by atoms with Crippen LogP contribution in [0.4, 0.5) is 17.1 Å². The number of non-ortho nitro benzene ring substituents is 1. The van der Waals surface area contributed by atoms with Gasteiger partial charge in [0.25, 0.3) is 5.69 Å². The number of aromatic nitrogens is 3. The van der Waals surface area contributed by atoms with Gasteiger partial charge in [0.15, 0.2) is 0 Å². The molecule has 122 valence electrons. The second-order valence-electron chi connectivity index (χ2n) is 5.48. The third-order valence-corrected chi connectivity index (χ3v) is 3.80. The molecular weight excluding hydrogens is 318 g/mol. The molecule has 0 unspecified atom stereocenters. The first-order valence-electron chi connectivity index (χ1n) is 7.61. The lowest BCUT2D eigenvalue weighted by atomic mass is 10.2. The number of rotatable bonds is 4. The van der Waals surface area contributed by atoms with E-state index in [2.05, 4.69) is 20.3 Å². The summed E-state index contributed by atoms with van der Waals surface area (Å²) in [6.07, 6.45) is 3.45. The lowest BCUT2D eigenvalue weighted by molar-refractivity contribution is -0.384. The highest BCUT2D eigenvalue weighted by molar-refractivity contribution is 5.81. The summed E-state index contributed by atoms with van der Waals surface area (Å²) in [5, 5.41) is 14.2. The molecule has 0 radical (unpaired) electrons. The molecule has 0 spiro atoms. The molecule has 0 saturated heterocycles. The molecule has 0 amide bonds. The predicted molar refractivity (Wildman–Crippen MR) is 95.7 cm³/mol. The number of hydrogen-bond acceptors (Lipinski definition) is 5. The lowest BCUT2D eigenvalue weighted by Gasteiger charge is -2.06. The van der Waals surface area contributed by atoms with Crippen LogP contribution in [0.2, 0.25) is 0 Å². The average molecular weight is 331 g/mol. The van der Waals surface area contributed by atoms with Gasteiger partial charge < -0.3 is 10.3 Å². The van der Waals surface area contributed by atoms with E-state index in [1.54, 1.807) is 18.5 Å². The van der Waals surface area contributed by atoms with Crippen LogP contribution in [0.1, 0.15) is 0 Å². The van der Waals surface area contributed by atoms with Gasteiger partial charge in [-0.1, -0.05) is 0 Å². The van der Waals surface area contributed by atoms with Crippen LogP contribution in [-0.4, -0.2) is 19.9 Å². The van der Waals surface area contributed by atoms with Gasteiger partial charge in [-0.3, -0.25) is 15.1 Å². The van der Waals surface area contributed by atoms with Crippen LogP contribution >= 0.6 is 0 Å². The number of anilines is 2. The van der Waals surface area contributed by atoms with Gasteiger partial charge in [0.2, 0.25) is 0 Å². The molecule has 2 aromatic heterocycles. The molecule has 0 bridgehead atoms. The van der Waals surface area contributed by atoms with Crippen LogP contribution in [0.3, 0.4) is 0 Å². The molecule has 0 atom stereocenters. The maximum absolute atomic E-state index is 10.9. The van der Waals surface area contributed by atoms with Crippen molar-refractivity contribution in [1.82, 2.24) is 15.0 Å². The Morgan fingerprint density at radius 2 is 1.68 bits per heavy atom. The second kappa shape index (κ2) is 6.04. The molecule has 0 fully saturated rings. The number of imidazole rings is 1. The van der Waals surface area contributed by atoms with E-state index < -0.39 is 4.92 Å². The standard InChI is InChI=1S/C18H13N5O2/c24-23(25)15-5-6-16-17(11-15)22-18(21-16)12-1-3-13(4-2-12)20-14-7-9-19-10-8-14/h1-11H,(H,19,20)(H,21,22). The van der Waals surface area contributed by atoms with Gasteiger partial charge in [0.1, 0.15) is 5.82 Å². The van der Waals surface area contributed by atoms with Gasteiger partial charge in [0.05, 0.1) is 16.0 Å². The van der Waals surface area contributed by atoms with E-state index in [1.807, 2.05) is 36.4 Å². The highest BCUT2D eigenvalue weighted by Gasteiger charge is 2.10. The summed E-state index contributed by atoms with van der Waals surface area (Å²) in [5.74, 6) is 0.672. The molecule has 7 heteroatoms. The van der Waals surface area contributed by atoms with Crippen molar-refractivity contribution >= 4 is 28.1 Å². The fourth-order valence-corrected chi connectivity index (χ4v) is 2.56. The Morgan fingerprint density at radius 3 is 2.40 bits per heavy atom. The minimum atomic E-state index is -0.417. The minimum Gasteiger partial charge on any atom is -0.355 e. The van der Waals surface area contributed by atoms with E-state index in [0.29, 0.717) is 16.9 Å². The van der Waals surface area contributed by atoms with E-state index in [0.717, 1.165) is 16.9 Å². The topological polar surface area (TPSA) is 96.7 Å². The molecule has 0 aliphatic heterocycles. The Morgan fingerprint density at radius 1 is 0.960 bits per heavy atom. The SMILES string of the molecule is O=[N+]([O-])c1ccc2nc(-c3ccc(Nc4ccncc4)cc3)[nH]c2c1. The van der Waals surface area contributed by atoms with Crippen LogP contribution in [0, 0.1) is 10.1 Å². The third kappa shape index (κ3) is 3.02. The predicted octanol–water partition coefficient (Wildman–Crippen LogP) is 4.28. The van der Waals surface area contributed by atoms with Crippen molar-refractivity contribution in [3.05, 3.63) is 77.1 Å². The quantitative estimate of drug-likeness (QED) is 0.430. The monoisotopic (exact) mass is 331 g/mol. The van der Waals surface area contributed by atoms with E-state index in [-0.39, 0.29) is 5.69 Å². The van der Waals surface area contributed by atoms with Crippen molar-refractivity contribution in [3.63, 3.8) is 0 Å². The van der Waals surface area contributed by atoms with Gasteiger partial charge in [-0.15, -0.1) is 0 Å². The number of hydrogen-bond donors (Lipinski definition) is 2. The van der Waals surface area contributed by atoms with E-state index >= 15 is 0 Å². The highest BCUT2D eigenvalue weighted by atomic mass is 16.6. The molecule has 0 saturated carbocycles. The molecule has 4 aromatic rings. The van der Waals surface area contributed by atoms with Crippen LogP contribution in [0.5, 0.6) is 0 Å². The number of nitro groups is 1. The van der Waals surface area contributed by atoms with Gasteiger partial charge >= 0.3 is 0 Å². The van der Waals surface area contributed by atoms with Crippen molar-refractivity contribution in [2.24, 2.45) is 0 Å². The zero-order valence-corrected chi connectivity index (χ0v) is 13.0.